The maximum atomic E-state index is 14.0. The van der Waals surface area contributed by atoms with Crippen molar-refractivity contribution in [2.45, 2.75) is 13.0 Å². The number of nitrogens with two attached hydrogens (primary N) is 1. The van der Waals surface area contributed by atoms with E-state index in [1.54, 1.807) is 36.4 Å². The number of amides is 1. The number of rotatable bonds is 6. The lowest BCUT2D eigenvalue weighted by atomic mass is 10.0. The largest absolute Gasteiger partial charge is 0.366 e. The highest BCUT2D eigenvalue weighted by Gasteiger charge is 2.24. The Morgan fingerprint density at radius 3 is 2.02 bits per heavy atom. The first-order valence-corrected chi connectivity index (χ1v) is 13.7. The van der Waals surface area contributed by atoms with Crippen LogP contribution in [-0.4, -0.2) is 15.5 Å². The monoisotopic (exact) mass is 553 g/mol. The van der Waals surface area contributed by atoms with Crippen molar-refractivity contribution in [2.24, 2.45) is 5.73 Å². The Bertz CT molecular complexity index is 1960. The topological polar surface area (TPSA) is 60.9 Å². The quantitative estimate of drug-likeness (QED) is 0.228. The van der Waals surface area contributed by atoms with Gasteiger partial charge in [-0.3, -0.25) is 4.79 Å². The standard InChI is InChI=1S/C36H25F2N3O/c37-29-15-11-23(12-16-29)33-34(24-13-17-30(38)18-14-24)41(21-22-5-7-25(8-6-22)35(39)42)36(40-33)28-10-9-27-19-26-3-1-2-4-31(26)32(27)20-28/h1-18,20H,19,21H2,(H2,39,42). The molecule has 0 radical (unpaired) electrons. The van der Waals surface area contributed by atoms with Crippen LogP contribution in [0.15, 0.2) is 115 Å². The van der Waals surface area contributed by atoms with Gasteiger partial charge >= 0.3 is 0 Å². The first kappa shape index (κ1) is 25.6. The van der Waals surface area contributed by atoms with Crippen molar-refractivity contribution >= 4 is 5.91 Å². The number of carbonyl (C=O) groups excluding carboxylic acids is 1. The lowest BCUT2D eigenvalue weighted by molar-refractivity contribution is 0.1000. The van der Waals surface area contributed by atoms with Gasteiger partial charge in [0.15, 0.2) is 0 Å². The Hall–Kier alpha value is -5.36. The van der Waals surface area contributed by atoms with Crippen LogP contribution in [0.2, 0.25) is 0 Å². The number of fused-ring (bicyclic) bond motifs is 3. The molecule has 0 spiro atoms. The first-order chi connectivity index (χ1) is 20.4. The summed E-state index contributed by atoms with van der Waals surface area (Å²) < 4.78 is 30.1. The Morgan fingerprint density at radius 2 is 1.33 bits per heavy atom. The molecule has 6 heteroatoms. The molecule has 1 heterocycles. The number of primary amides is 1. The highest BCUT2D eigenvalue weighted by atomic mass is 19.1. The number of imidazole rings is 1. The molecule has 0 fully saturated rings. The molecule has 0 saturated carbocycles. The molecule has 0 unspecified atom stereocenters. The van der Waals surface area contributed by atoms with Crippen LogP contribution in [0.1, 0.15) is 27.0 Å². The summed E-state index contributed by atoms with van der Waals surface area (Å²) in [6.07, 6.45) is 0.883. The zero-order valence-electron chi connectivity index (χ0n) is 22.5. The summed E-state index contributed by atoms with van der Waals surface area (Å²) in [5.41, 5.74) is 15.6. The van der Waals surface area contributed by atoms with E-state index in [0.717, 1.165) is 40.2 Å². The molecule has 2 N–H and O–H groups in total. The van der Waals surface area contributed by atoms with E-state index in [2.05, 4.69) is 47.0 Å². The molecular weight excluding hydrogens is 528 g/mol. The molecule has 0 atom stereocenters. The van der Waals surface area contributed by atoms with Crippen molar-refractivity contribution in [3.8, 4) is 45.0 Å². The van der Waals surface area contributed by atoms with Gasteiger partial charge in [0.05, 0.1) is 11.4 Å². The number of halogens is 2. The van der Waals surface area contributed by atoms with Crippen molar-refractivity contribution in [1.82, 2.24) is 9.55 Å². The van der Waals surface area contributed by atoms with Gasteiger partial charge in [-0.25, -0.2) is 13.8 Å². The molecule has 5 aromatic carbocycles. The van der Waals surface area contributed by atoms with Crippen LogP contribution in [-0.2, 0) is 13.0 Å². The summed E-state index contributed by atoms with van der Waals surface area (Å²) in [5.74, 6) is -0.449. The number of aromatic nitrogens is 2. The summed E-state index contributed by atoms with van der Waals surface area (Å²) in [5, 5.41) is 0. The zero-order valence-corrected chi connectivity index (χ0v) is 22.5. The Labute approximate surface area is 241 Å². The molecular formula is C36H25F2N3O. The molecule has 1 amide bonds. The van der Waals surface area contributed by atoms with E-state index >= 15 is 0 Å². The lowest BCUT2D eigenvalue weighted by Crippen LogP contribution is -2.11. The summed E-state index contributed by atoms with van der Waals surface area (Å²) in [4.78, 5) is 16.9. The molecule has 1 aliphatic rings. The van der Waals surface area contributed by atoms with Crippen LogP contribution in [0.4, 0.5) is 8.78 Å². The molecule has 7 rings (SSSR count). The van der Waals surface area contributed by atoms with E-state index < -0.39 is 5.91 Å². The van der Waals surface area contributed by atoms with Crippen molar-refractivity contribution in [3.63, 3.8) is 0 Å². The predicted molar refractivity (Wildman–Crippen MR) is 161 cm³/mol. The SMILES string of the molecule is NC(=O)c1ccc(Cn2c(-c3ccc4c(c3)-c3ccccc3C4)nc(-c3ccc(F)cc3)c2-c2ccc(F)cc2)cc1. The van der Waals surface area contributed by atoms with Crippen molar-refractivity contribution in [3.05, 3.63) is 149 Å². The third-order valence-corrected chi connectivity index (χ3v) is 7.84. The van der Waals surface area contributed by atoms with Gasteiger partial charge in [0.1, 0.15) is 17.5 Å². The molecule has 0 saturated heterocycles. The van der Waals surface area contributed by atoms with Gasteiger partial charge in [-0.05, 0) is 101 Å². The smallest absolute Gasteiger partial charge is 0.248 e. The van der Waals surface area contributed by atoms with E-state index in [4.69, 9.17) is 10.7 Å². The third-order valence-electron chi connectivity index (χ3n) is 7.84. The zero-order chi connectivity index (χ0) is 28.8. The normalized spacial score (nSPS) is 11.8. The minimum absolute atomic E-state index is 0.339. The second kappa shape index (κ2) is 10.2. The van der Waals surface area contributed by atoms with Crippen LogP contribution in [0, 0.1) is 11.6 Å². The van der Waals surface area contributed by atoms with Gasteiger partial charge in [-0.2, -0.15) is 0 Å². The summed E-state index contributed by atoms with van der Waals surface area (Å²) in [6.45, 7) is 0.420. The molecule has 0 bridgehead atoms. The van der Waals surface area contributed by atoms with Crippen molar-refractivity contribution < 1.29 is 13.6 Å². The summed E-state index contributed by atoms with van der Waals surface area (Å²) in [6, 6.07) is 34.5. The number of hydrogen-bond acceptors (Lipinski definition) is 2. The maximum Gasteiger partial charge on any atom is 0.248 e. The lowest BCUT2D eigenvalue weighted by Gasteiger charge is -2.15. The van der Waals surface area contributed by atoms with E-state index in [1.807, 2.05) is 12.1 Å². The predicted octanol–water partition coefficient (Wildman–Crippen LogP) is 7.88. The fourth-order valence-electron chi connectivity index (χ4n) is 5.76. The summed E-state index contributed by atoms with van der Waals surface area (Å²) >= 11 is 0. The van der Waals surface area contributed by atoms with Crippen LogP contribution >= 0.6 is 0 Å². The van der Waals surface area contributed by atoms with E-state index in [9.17, 15) is 13.6 Å². The fraction of sp³-hybridized carbons (Fsp3) is 0.0556. The highest BCUT2D eigenvalue weighted by Crippen LogP contribution is 2.41. The molecule has 42 heavy (non-hydrogen) atoms. The fourth-order valence-corrected chi connectivity index (χ4v) is 5.76. The second-order valence-corrected chi connectivity index (χ2v) is 10.5. The Kier molecular flexibility index (Phi) is 6.24. The van der Waals surface area contributed by atoms with Crippen molar-refractivity contribution in [1.29, 1.82) is 0 Å². The molecule has 1 aliphatic carbocycles. The van der Waals surface area contributed by atoms with Crippen LogP contribution in [0.5, 0.6) is 0 Å². The first-order valence-electron chi connectivity index (χ1n) is 13.7. The number of carbonyl (C=O) groups is 1. The molecule has 1 aromatic heterocycles. The van der Waals surface area contributed by atoms with Crippen molar-refractivity contribution in [2.75, 3.05) is 0 Å². The van der Waals surface area contributed by atoms with E-state index in [1.165, 1.54) is 46.5 Å². The summed E-state index contributed by atoms with van der Waals surface area (Å²) in [7, 11) is 0. The highest BCUT2D eigenvalue weighted by molar-refractivity contribution is 5.92. The molecule has 6 aromatic rings. The average molecular weight is 554 g/mol. The molecule has 4 nitrogen and oxygen atoms in total. The molecule has 0 aliphatic heterocycles. The Balaban J connectivity index is 1.46. The van der Waals surface area contributed by atoms with E-state index in [-0.39, 0.29) is 11.6 Å². The van der Waals surface area contributed by atoms with Gasteiger partial charge in [-0.15, -0.1) is 0 Å². The van der Waals surface area contributed by atoms with Gasteiger partial charge in [-0.1, -0.05) is 48.5 Å². The van der Waals surface area contributed by atoms with Gasteiger partial charge < -0.3 is 10.3 Å². The second-order valence-electron chi connectivity index (χ2n) is 10.5. The number of nitrogens with zero attached hydrogens (tertiary/aromatic N) is 2. The van der Waals surface area contributed by atoms with Crippen LogP contribution in [0.3, 0.4) is 0 Å². The van der Waals surface area contributed by atoms with Crippen LogP contribution < -0.4 is 5.73 Å². The minimum atomic E-state index is -0.492. The Morgan fingerprint density at radius 1 is 0.714 bits per heavy atom. The average Bonchev–Trinajstić information content (AvgIpc) is 3.56. The van der Waals surface area contributed by atoms with Gasteiger partial charge in [0.2, 0.25) is 5.91 Å². The maximum absolute atomic E-state index is 14.0. The van der Waals surface area contributed by atoms with E-state index in [0.29, 0.717) is 17.8 Å². The van der Waals surface area contributed by atoms with Crippen LogP contribution in [0.25, 0.3) is 45.0 Å². The number of benzene rings is 5. The van der Waals surface area contributed by atoms with Gasteiger partial charge in [0.25, 0.3) is 0 Å². The van der Waals surface area contributed by atoms with Gasteiger partial charge in [0, 0.05) is 28.8 Å². The molecule has 204 valence electrons. The minimum Gasteiger partial charge on any atom is -0.366 e. The third kappa shape index (κ3) is 4.57. The number of hydrogen-bond donors (Lipinski definition) is 1.